The molecular weight excluding hydrogens is 348 g/mol. The van der Waals surface area contributed by atoms with Gasteiger partial charge in [0.2, 0.25) is 0 Å². The van der Waals surface area contributed by atoms with E-state index >= 15 is 0 Å². The number of amides is 3. The summed E-state index contributed by atoms with van der Waals surface area (Å²) in [6.07, 6.45) is 4.89. The lowest BCUT2D eigenvalue weighted by Crippen LogP contribution is -2.44. The summed E-state index contributed by atoms with van der Waals surface area (Å²) in [5.74, 6) is -1.47. The van der Waals surface area contributed by atoms with Crippen LogP contribution in [-0.2, 0) is 20.7 Å². The number of urea groups is 1. The van der Waals surface area contributed by atoms with Gasteiger partial charge in [0.25, 0.3) is 5.91 Å². The molecule has 7 heteroatoms. The van der Waals surface area contributed by atoms with Crippen LogP contribution in [0, 0.1) is 0 Å². The molecule has 7 nitrogen and oxygen atoms in total. The van der Waals surface area contributed by atoms with Crippen molar-refractivity contribution < 1.29 is 23.9 Å². The Morgan fingerprint density at radius 1 is 1.15 bits per heavy atom. The molecule has 1 N–H and O–H groups in total. The first-order chi connectivity index (χ1) is 12.9. The van der Waals surface area contributed by atoms with E-state index in [0.717, 1.165) is 36.1 Å². The fourth-order valence-corrected chi connectivity index (χ4v) is 3.69. The molecule has 3 rings (SSSR count). The molecule has 1 heterocycles. The molecule has 1 aliphatic heterocycles. The second-order valence-corrected chi connectivity index (χ2v) is 7.14. The molecular formula is C20H24N2O5. The highest BCUT2D eigenvalue weighted by atomic mass is 16.5. The zero-order valence-corrected chi connectivity index (χ0v) is 15.5. The molecule has 1 aliphatic carbocycles. The standard InChI is InChI=1S/C20H24N2O5/c1-2-5-14-6-8-15(9-7-14)16(23)13-27-17(24)12-22-18(25)20(21-19(22)26)10-3-4-11-20/h6-9H,2-5,10-13H2,1H3,(H,21,26). The van der Waals surface area contributed by atoms with Crippen molar-refractivity contribution in [3.8, 4) is 0 Å². The predicted molar refractivity (Wildman–Crippen MR) is 97.2 cm³/mol. The number of carbonyl (C=O) groups excluding carboxylic acids is 4. The molecule has 3 amide bonds. The number of nitrogens with one attached hydrogen (secondary N) is 1. The van der Waals surface area contributed by atoms with Crippen molar-refractivity contribution in [3.63, 3.8) is 0 Å². The van der Waals surface area contributed by atoms with Gasteiger partial charge in [0.05, 0.1) is 0 Å². The van der Waals surface area contributed by atoms with Crippen molar-refractivity contribution in [2.45, 2.75) is 51.0 Å². The van der Waals surface area contributed by atoms with Crippen molar-refractivity contribution in [1.29, 1.82) is 0 Å². The summed E-state index contributed by atoms with van der Waals surface area (Å²) in [5.41, 5.74) is 0.751. The highest BCUT2D eigenvalue weighted by Crippen LogP contribution is 2.34. The maximum Gasteiger partial charge on any atom is 0.326 e. The number of Topliss-reactive ketones (excluding diaryl/α,β-unsaturated/α-hetero) is 1. The van der Waals surface area contributed by atoms with E-state index < -0.39 is 30.7 Å². The summed E-state index contributed by atoms with van der Waals surface area (Å²) in [6.45, 7) is 1.19. The van der Waals surface area contributed by atoms with Gasteiger partial charge >= 0.3 is 12.0 Å². The van der Waals surface area contributed by atoms with Crippen LogP contribution >= 0.6 is 0 Å². The Morgan fingerprint density at radius 2 is 1.81 bits per heavy atom. The summed E-state index contributed by atoms with van der Waals surface area (Å²) in [6, 6.07) is 6.61. The fourth-order valence-electron chi connectivity index (χ4n) is 3.69. The number of rotatable bonds is 7. The van der Waals surface area contributed by atoms with E-state index in [1.54, 1.807) is 12.1 Å². The molecule has 1 saturated carbocycles. The number of carbonyl (C=O) groups is 4. The van der Waals surface area contributed by atoms with Crippen LogP contribution in [0.3, 0.4) is 0 Å². The highest BCUT2D eigenvalue weighted by Gasteiger charge is 2.52. The van der Waals surface area contributed by atoms with Crippen LogP contribution in [0.4, 0.5) is 4.79 Å². The minimum atomic E-state index is -0.854. The van der Waals surface area contributed by atoms with E-state index in [2.05, 4.69) is 12.2 Å². The lowest BCUT2D eigenvalue weighted by atomic mass is 9.98. The van der Waals surface area contributed by atoms with E-state index in [1.807, 2.05) is 12.1 Å². The van der Waals surface area contributed by atoms with Gasteiger partial charge in [-0.1, -0.05) is 50.5 Å². The van der Waals surface area contributed by atoms with Gasteiger partial charge in [-0.15, -0.1) is 0 Å². The van der Waals surface area contributed by atoms with E-state index in [-0.39, 0.29) is 11.7 Å². The van der Waals surface area contributed by atoms with Crippen LogP contribution < -0.4 is 5.32 Å². The summed E-state index contributed by atoms with van der Waals surface area (Å²) in [5, 5.41) is 2.70. The lowest BCUT2D eigenvalue weighted by molar-refractivity contribution is -0.146. The van der Waals surface area contributed by atoms with Gasteiger partial charge in [0.15, 0.2) is 12.4 Å². The Labute approximate surface area is 158 Å². The smallest absolute Gasteiger partial charge is 0.326 e. The number of ether oxygens (including phenoxy) is 1. The predicted octanol–water partition coefficient (Wildman–Crippen LogP) is 2.23. The number of nitrogens with zero attached hydrogens (tertiary/aromatic N) is 1. The topological polar surface area (TPSA) is 92.8 Å². The maximum absolute atomic E-state index is 12.5. The van der Waals surface area contributed by atoms with Crippen LogP contribution in [0.25, 0.3) is 0 Å². The average Bonchev–Trinajstić information content (AvgIpc) is 3.21. The first-order valence-electron chi connectivity index (χ1n) is 9.37. The Kier molecular flexibility index (Phi) is 5.58. The first kappa shape index (κ1) is 19.1. The molecule has 0 radical (unpaired) electrons. The summed E-state index contributed by atoms with van der Waals surface area (Å²) in [7, 11) is 0. The fraction of sp³-hybridized carbons (Fsp3) is 0.500. The molecule has 0 aromatic heterocycles. The number of ketones is 1. The zero-order chi connectivity index (χ0) is 19.4. The van der Waals surface area contributed by atoms with Crippen molar-refractivity contribution in [1.82, 2.24) is 10.2 Å². The number of aryl methyl sites for hydroxylation is 1. The molecule has 1 spiro atoms. The van der Waals surface area contributed by atoms with Crippen molar-refractivity contribution in [3.05, 3.63) is 35.4 Å². The Balaban J connectivity index is 1.51. The van der Waals surface area contributed by atoms with Crippen molar-refractivity contribution in [2.75, 3.05) is 13.2 Å². The molecule has 1 aromatic rings. The van der Waals surface area contributed by atoms with E-state index in [9.17, 15) is 19.2 Å². The van der Waals surface area contributed by atoms with Gasteiger partial charge < -0.3 is 10.1 Å². The lowest BCUT2D eigenvalue weighted by Gasteiger charge is -2.19. The molecule has 0 bridgehead atoms. The average molecular weight is 372 g/mol. The number of imide groups is 1. The molecule has 0 unspecified atom stereocenters. The molecule has 1 aromatic carbocycles. The molecule has 1 saturated heterocycles. The van der Waals surface area contributed by atoms with Gasteiger partial charge in [-0.3, -0.25) is 19.3 Å². The highest BCUT2D eigenvalue weighted by molar-refractivity contribution is 6.09. The van der Waals surface area contributed by atoms with Gasteiger partial charge in [0.1, 0.15) is 12.1 Å². The minimum absolute atomic E-state index is 0.323. The third-order valence-electron chi connectivity index (χ3n) is 5.17. The second kappa shape index (κ2) is 7.90. The van der Waals surface area contributed by atoms with Gasteiger partial charge in [-0.25, -0.2) is 4.79 Å². The maximum atomic E-state index is 12.5. The Hall–Kier alpha value is -2.70. The molecule has 27 heavy (non-hydrogen) atoms. The molecule has 0 atom stereocenters. The van der Waals surface area contributed by atoms with Gasteiger partial charge in [-0.05, 0) is 24.8 Å². The molecule has 144 valence electrons. The number of esters is 1. The summed E-state index contributed by atoms with van der Waals surface area (Å²) in [4.78, 5) is 49.6. The zero-order valence-electron chi connectivity index (χ0n) is 15.5. The van der Waals surface area contributed by atoms with E-state index in [1.165, 1.54) is 0 Å². The van der Waals surface area contributed by atoms with Crippen LogP contribution in [0.2, 0.25) is 0 Å². The van der Waals surface area contributed by atoms with E-state index in [4.69, 9.17) is 4.74 Å². The van der Waals surface area contributed by atoms with Crippen LogP contribution in [0.15, 0.2) is 24.3 Å². The first-order valence-corrected chi connectivity index (χ1v) is 9.37. The number of benzene rings is 1. The van der Waals surface area contributed by atoms with Crippen molar-refractivity contribution in [2.24, 2.45) is 0 Å². The SMILES string of the molecule is CCCc1ccc(C(=O)COC(=O)CN2C(=O)NC3(CCCC3)C2=O)cc1. The number of hydrogen-bond acceptors (Lipinski definition) is 5. The Morgan fingerprint density at radius 3 is 2.44 bits per heavy atom. The monoisotopic (exact) mass is 372 g/mol. The third kappa shape index (κ3) is 4.02. The van der Waals surface area contributed by atoms with Crippen LogP contribution in [-0.4, -0.2) is 47.3 Å². The summed E-state index contributed by atoms with van der Waals surface area (Å²) >= 11 is 0. The van der Waals surface area contributed by atoms with E-state index in [0.29, 0.717) is 18.4 Å². The molecule has 2 fully saturated rings. The normalized spacial score (nSPS) is 18.0. The van der Waals surface area contributed by atoms with Crippen LogP contribution in [0.1, 0.15) is 54.9 Å². The quantitative estimate of drug-likeness (QED) is 0.450. The summed E-state index contributed by atoms with van der Waals surface area (Å²) < 4.78 is 4.98. The van der Waals surface area contributed by atoms with Crippen molar-refractivity contribution >= 4 is 23.7 Å². The van der Waals surface area contributed by atoms with Gasteiger partial charge in [0, 0.05) is 5.56 Å². The number of hydrogen-bond donors (Lipinski definition) is 1. The van der Waals surface area contributed by atoms with Crippen LogP contribution in [0.5, 0.6) is 0 Å². The largest absolute Gasteiger partial charge is 0.456 e. The third-order valence-corrected chi connectivity index (χ3v) is 5.17. The second-order valence-electron chi connectivity index (χ2n) is 7.14. The minimum Gasteiger partial charge on any atom is -0.456 e. The Bertz CT molecular complexity index is 750. The van der Waals surface area contributed by atoms with Gasteiger partial charge in [-0.2, -0.15) is 0 Å². The molecule has 2 aliphatic rings.